The van der Waals surface area contributed by atoms with E-state index in [9.17, 15) is 9.59 Å². The predicted octanol–water partition coefficient (Wildman–Crippen LogP) is 1.58. The van der Waals surface area contributed by atoms with E-state index in [-0.39, 0.29) is 23.4 Å². The quantitative estimate of drug-likeness (QED) is 0.842. The number of benzene rings is 1. The molecule has 3 aliphatic rings. The smallest absolute Gasteiger partial charge is 0.320 e. The van der Waals surface area contributed by atoms with Crippen molar-refractivity contribution in [2.75, 3.05) is 39.4 Å². The highest BCUT2D eigenvalue weighted by Gasteiger charge is 2.49. The number of morpholine rings is 1. The van der Waals surface area contributed by atoms with Gasteiger partial charge in [-0.1, -0.05) is 30.3 Å². The first-order valence-corrected chi connectivity index (χ1v) is 9.15. The van der Waals surface area contributed by atoms with Crippen molar-refractivity contribution in [3.63, 3.8) is 0 Å². The molecule has 6 nitrogen and oxygen atoms in total. The Hall–Kier alpha value is -2.08. The van der Waals surface area contributed by atoms with Crippen LogP contribution in [-0.4, -0.2) is 66.7 Å². The minimum Gasteiger partial charge on any atom is -0.378 e. The maximum atomic E-state index is 12.7. The lowest BCUT2D eigenvalue weighted by atomic mass is 9.74. The second-order valence-electron chi connectivity index (χ2n) is 7.24. The van der Waals surface area contributed by atoms with Gasteiger partial charge < -0.3 is 19.9 Å². The van der Waals surface area contributed by atoms with Gasteiger partial charge in [-0.3, -0.25) is 4.79 Å². The summed E-state index contributed by atoms with van der Waals surface area (Å²) >= 11 is 0. The second-order valence-corrected chi connectivity index (χ2v) is 7.24. The Balaban J connectivity index is 1.46. The zero-order valence-electron chi connectivity index (χ0n) is 14.4. The normalized spacial score (nSPS) is 25.9. The molecular weight excluding hydrogens is 318 g/mol. The topological polar surface area (TPSA) is 61.9 Å². The van der Waals surface area contributed by atoms with E-state index in [1.165, 1.54) is 5.56 Å². The lowest BCUT2D eigenvalue weighted by Crippen LogP contribution is -2.57. The molecule has 1 unspecified atom stereocenters. The van der Waals surface area contributed by atoms with Crippen molar-refractivity contribution >= 4 is 11.9 Å². The molecule has 3 amide bonds. The number of rotatable bonds is 1. The highest BCUT2D eigenvalue weighted by Crippen LogP contribution is 2.43. The van der Waals surface area contributed by atoms with E-state index in [0.29, 0.717) is 45.8 Å². The summed E-state index contributed by atoms with van der Waals surface area (Å²) in [5, 5.41) is 3.25. The molecule has 1 N–H and O–H groups in total. The van der Waals surface area contributed by atoms with Crippen molar-refractivity contribution in [2.45, 2.75) is 30.7 Å². The Bertz CT molecular complexity index is 635. The van der Waals surface area contributed by atoms with Crippen LogP contribution in [0.4, 0.5) is 4.79 Å². The molecule has 0 radical (unpaired) electrons. The third-order valence-electron chi connectivity index (χ3n) is 5.85. The van der Waals surface area contributed by atoms with E-state index in [2.05, 4.69) is 17.4 Å². The number of carbonyl (C=O) groups is 2. The van der Waals surface area contributed by atoms with Gasteiger partial charge in [0.25, 0.3) is 0 Å². The molecule has 0 aromatic heterocycles. The molecule has 0 saturated carbocycles. The number of likely N-dealkylation sites (tertiary alicyclic amines) is 1. The van der Waals surface area contributed by atoms with Crippen LogP contribution in [0.15, 0.2) is 30.3 Å². The maximum Gasteiger partial charge on any atom is 0.320 e. The summed E-state index contributed by atoms with van der Waals surface area (Å²) < 4.78 is 5.33. The number of carbonyl (C=O) groups excluding carboxylic acids is 2. The molecule has 6 heteroatoms. The highest BCUT2D eigenvalue weighted by atomic mass is 16.5. The monoisotopic (exact) mass is 343 g/mol. The zero-order chi connectivity index (χ0) is 17.3. The summed E-state index contributed by atoms with van der Waals surface area (Å²) in [6, 6.07) is 10.4. The van der Waals surface area contributed by atoms with Gasteiger partial charge in [0.05, 0.1) is 18.8 Å². The molecule has 3 heterocycles. The first-order chi connectivity index (χ1) is 12.2. The summed E-state index contributed by atoms with van der Waals surface area (Å²) in [7, 11) is 0. The van der Waals surface area contributed by atoms with Gasteiger partial charge in [0.15, 0.2) is 0 Å². The van der Waals surface area contributed by atoms with E-state index in [1.807, 2.05) is 28.0 Å². The molecule has 134 valence electrons. The average molecular weight is 343 g/mol. The summed E-state index contributed by atoms with van der Waals surface area (Å²) in [4.78, 5) is 28.6. The highest BCUT2D eigenvalue weighted by molar-refractivity contribution is 5.82. The number of amides is 3. The summed E-state index contributed by atoms with van der Waals surface area (Å²) in [5.41, 5.74) is 1.01. The van der Waals surface area contributed by atoms with Crippen molar-refractivity contribution in [2.24, 2.45) is 0 Å². The van der Waals surface area contributed by atoms with Crippen molar-refractivity contribution in [3.05, 3.63) is 35.9 Å². The van der Waals surface area contributed by atoms with Crippen LogP contribution in [0, 0.1) is 0 Å². The Morgan fingerprint density at radius 3 is 2.36 bits per heavy atom. The van der Waals surface area contributed by atoms with Gasteiger partial charge in [-0.25, -0.2) is 4.79 Å². The van der Waals surface area contributed by atoms with Gasteiger partial charge in [-0.2, -0.15) is 0 Å². The molecule has 0 bridgehead atoms. The van der Waals surface area contributed by atoms with Gasteiger partial charge in [-0.05, 0) is 18.4 Å². The molecule has 1 aromatic rings. The van der Waals surface area contributed by atoms with Crippen LogP contribution in [-0.2, 0) is 9.53 Å². The largest absolute Gasteiger partial charge is 0.378 e. The van der Waals surface area contributed by atoms with Crippen LogP contribution >= 0.6 is 0 Å². The van der Waals surface area contributed by atoms with Gasteiger partial charge in [-0.15, -0.1) is 0 Å². The Labute approximate surface area is 148 Å². The van der Waals surface area contributed by atoms with E-state index in [0.717, 1.165) is 12.8 Å². The number of urea groups is 1. The lowest BCUT2D eigenvalue weighted by molar-refractivity contribution is -0.120. The molecule has 3 fully saturated rings. The summed E-state index contributed by atoms with van der Waals surface area (Å²) in [6.45, 7) is 3.97. The molecule has 0 aliphatic carbocycles. The Kier molecular flexibility index (Phi) is 4.37. The molecule has 4 rings (SSSR count). The fraction of sp³-hybridized carbons (Fsp3) is 0.579. The number of hydrogen-bond donors (Lipinski definition) is 1. The second kappa shape index (κ2) is 6.67. The SMILES string of the molecule is O=C1CC(c2ccccc2)C2(CCN(C(=O)N3CCOCC3)CC2)N1. The van der Waals surface area contributed by atoms with Gasteiger partial charge in [0.1, 0.15) is 0 Å². The summed E-state index contributed by atoms with van der Waals surface area (Å²) in [5.74, 6) is 0.323. The number of nitrogens with one attached hydrogen (secondary N) is 1. The predicted molar refractivity (Wildman–Crippen MR) is 93.3 cm³/mol. The number of nitrogens with zero attached hydrogens (tertiary/aromatic N) is 2. The van der Waals surface area contributed by atoms with Crippen molar-refractivity contribution in [3.8, 4) is 0 Å². The number of ether oxygens (including phenoxy) is 1. The first kappa shape index (κ1) is 16.4. The number of hydrogen-bond acceptors (Lipinski definition) is 3. The van der Waals surface area contributed by atoms with Crippen LogP contribution in [0.1, 0.15) is 30.7 Å². The molecule has 25 heavy (non-hydrogen) atoms. The van der Waals surface area contributed by atoms with E-state index in [4.69, 9.17) is 4.74 Å². The van der Waals surface area contributed by atoms with E-state index in [1.54, 1.807) is 0 Å². The molecule has 3 saturated heterocycles. The lowest BCUT2D eigenvalue weighted by Gasteiger charge is -2.44. The van der Waals surface area contributed by atoms with Crippen molar-refractivity contribution in [1.82, 2.24) is 15.1 Å². The summed E-state index contributed by atoms with van der Waals surface area (Å²) in [6.07, 6.45) is 2.17. The minimum absolute atomic E-state index is 0.110. The third-order valence-corrected chi connectivity index (χ3v) is 5.85. The fourth-order valence-electron chi connectivity index (χ4n) is 4.44. The Morgan fingerprint density at radius 1 is 1.04 bits per heavy atom. The Morgan fingerprint density at radius 2 is 1.68 bits per heavy atom. The third kappa shape index (κ3) is 3.11. The van der Waals surface area contributed by atoms with Crippen LogP contribution in [0.5, 0.6) is 0 Å². The van der Waals surface area contributed by atoms with E-state index >= 15 is 0 Å². The van der Waals surface area contributed by atoms with Gasteiger partial charge in [0.2, 0.25) is 5.91 Å². The molecule has 1 aromatic carbocycles. The van der Waals surface area contributed by atoms with Crippen LogP contribution < -0.4 is 5.32 Å². The molecule has 1 spiro atoms. The van der Waals surface area contributed by atoms with Crippen molar-refractivity contribution in [1.29, 1.82) is 0 Å². The molecule has 3 aliphatic heterocycles. The average Bonchev–Trinajstić information content (AvgIpc) is 2.99. The number of piperidine rings is 1. The standard InChI is InChI=1S/C19H25N3O3/c23-17-14-16(15-4-2-1-3-5-15)19(20-17)6-8-21(9-7-19)18(24)22-10-12-25-13-11-22/h1-5,16H,6-14H2,(H,20,23). The van der Waals surface area contributed by atoms with Crippen LogP contribution in [0.2, 0.25) is 0 Å². The molecular formula is C19H25N3O3. The first-order valence-electron chi connectivity index (χ1n) is 9.15. The molecule has 1 atom stereocenters. The van der Waals surface area contributed by atoms with Gasteiger partial charge >= 0.3 is 6.03 Å². The van der Waals surface area contributed by atoms with E-state index < -0.39 is 0 Å². The maximum absolute atomic E-state index is 12.7. The van der Waals surface area contributed by atoms with Gasteiger partial charge in [0, 0.05) is 38.5 Å². The fourth-order valence-corrected chi connectivity index (χ4v) is 4.44. The zero-order valence-corrected chi connectivity index (χ0v) is 14.4. The van der Waals surface area contributed by atoms with Crippen molar-refractivity contribution < 1.29 is 14.3 Å². The minimum atomic E-state index is -0.208. The van der Waals surface area contributed by atoms with Crippen LogP contribution in [0.25, 0.3) is 0 Å². The van der Waals surface area contributed by atoms with Crippen LogP contribution in [0.3, 0.4) is 0 Å².